The molecule has 3 rings (SSSR count). The Labute approximate surface area is 171 Å². The molecular weight excluding hydrogens is 398 g/mol. The van der Waals surface area contributed by atoms with Crippen molar-refractivity contribution in [3.8, 4) is 5.82 Å². The van der Waals surface area contributed by atoms with E-state index in [9.17, 15) is 14.9 Å². The summed E-state index contributed by atoms with van der Waals surface area (Å²) in [7, 11) is 0. The number of non-ortho nitro benzene ring substituents is 1. The first-order valence-electron chi connectivity index (χ1n) is 8.67. The van der Waals surface area contributed by atoms with Gasteiger partial charge in [0.2, 0.25) is 0 Å². The van der Waals surface area contributed by atoms with Gasteiger partial charge in [0, 0.05) is 37.0 Å². The Kier molecular flexibility index (Phi) is 6.03. The van der Waals surface area contributed by atoms with Crippen molar-refractivity contribution in [3.05, 3.63) is 68.7 Å². The first-order valence-corrected chi connectivity index (χ1v) is 9.04. The minimum Gasteiger partial charge on any atom is -0.368 e. The van der Waals surface area contributed by atoms with Crippen molar-refractivity contribution in [1.29, 1.82) is 0 Å². The second-order valence-corrected chi connectivity index (χ2v) is 6.61. The quantitative estimate of drug-likeness (QED) is 0.345. The number of benzene rings is 1. The molecular formula is C18H18ClN7O3. The molecule has 29 heavy (non-hydrogen) atoms. The predicted octanol–water partition coefficient (Wildman–Crippen LogP) is 2.68. The first kappa shape index (κ1) is 20.2. The minimum atomic E-state index is -0.570. The summed E-state index contributed by atoms with van der Waals surface area (Å²) >= 11 is 5.96. The molecule has 3 aromatic rings. The highest BCUT2D eigenvalue weighted by Crippen LogP contribution is 2.22. The van der Waals surface area contributed by atoms with Gasteiger partial charge in [0.25, 0.3) is 11.6 Å². The molecule has 0 aliphatic rings. The van der Waals surface area contributed by atoms with Crippen molar-refractivity contribution < 1.29 is 9.72 Å². The van der Waals surface area contributed by atoms with E-state index in [0.717, 1.165) is 17.5 Å². The third kappa shape index (κ3) is 4.85. The number of anilines is 1. The Morgan fingerprint density at radius 1 is 1.21 bits per heavy atom. The molecule has 11 heteroatoms. The average Bonchev–Trinajstić information content (AvgIpc) is 3.03. The fourth-order valence-corrected chi connectivity index (χ4v) is 2.94. The Hall–Kier alpha value is -3.53. The molecule has 0 bridgehead atoms. The van der Waals surface area contributed by atoms with Gasteiger partial charge in [-0.3, -0.25) is 14.9 Å². The van der Waals surface area contributed by atoms with E-state index in [1.807, 2.05) is 19.9 Å². The maximum absolute atomic E-state index is 12.2. The summed E-state index contributed by atoms with van der Waals surface area (Å²) in [6, 6.07) is 7.42. The third-order valence-electron chi connectivity index (χ3n) is 4.00. The van der Waals surface area contributed by atoms with Gasteiger partial charge in [-0.2, -0.15) is 5.10 Å². The van der Waals surface area contributed by atoms with Crippen LogP contribution in [0.4, 0.5) is 11.5 Å². The second-order valence-electron chi connectivity index (χ2n) is 6.20. The summed E-state index contributed by atoms with van der Waals surface area (Å²) in [5.41, 5.74) is 1.85. The van der Waals surface area contributed by atoms with E-state index < -0.39 is 10.8 Å². The molecule has 0 atom stereocenters. The maximum atomic E-state index is 12.2. The summed E-state index contributed by atoms with van der Waals surface area (Å²) < 4.78 is 1.72. The van der Waals surface area contributed by atoms with Crippen LogP contribution in [0.3, 0.4) is 0 Å². The maximum Gasteiger partial charge on any atom is 0.270 e. The molecule has 0 saturated heterocycles. The van der Waals surface area contributed by atoms with E-state index in [4.69, 9.17) is 11.6 Å². The summed E-state index contributed by atoms with van der Waals surface area (Å²) in [4.78, 5) is 30.8. The SMILES string of the molecule is Cc1cc(C)n(-c2cc(NCCNC(=O)c3ccc([N+](=O)[O-])cc3Cl)ncn2)n1. The lowest BCUT2D eigenvalue weighted by atomic mass is 10.2. The fraction of sp³-hybridized carbons (Fsp3) is 0.222. The number of nitro groups is 1. The van der Waals surface area contributed by atoms with Crippen molar-refractivity contribution in [2.24, 2.45) is 0 Å². The topological polar surface area (TPSA) is 128 Å². The number of carbonyl (C=O) groups excluding carboxylic acids is 1. The Balaban J connectivity index is 1.56. The lowest BCUT2D eigenvalue weighted by Gasteiger charge is -2.09. The van der Waals surface area contributed by atoms with Crippen LogP contribution in [0.25, 0.3) is 5.82 Å². The molecule has 0 aliphatic heterocycles. The van der Waals surface area contributed by atoms with E-state index in [1.54, 1.807) is 10.7 Å². The molecule has 0 unspecified atom stereocenters. The van der Waals surface area contributed by atoms with E-state index in [2.05, 4.69) is 25.7 Å². The van der Waals surface area contributed by atoms with Gasteiger partial charge in [0.05, 0.1) is 21.2 Å². The Bertz CT molecular complexity index is 1070. The number of nitrogens with one attached hydrogen (secondary N) is 2. The number of amides is 1. The molecule has 0 spiro atoms. The van der Waals surface area contributed by atoms with Crippen LogP contribution in [0.1, 0.15) is 21.7 Å². The average molecular weight is 416 g/mol. The zero-order valence-electron chi connectivity index (χ0n) is 15.7. The van der Waals surface area contributed by atoms with Crippen LogP contribution in [-0.2, 0) is 0 Å². The number of aryl methyl sites for hydroxylation is 2. The lowest BCUT2D eigenvalue weighted by Crippen LogP contribution is -2.29. The van der Waals surface area contributed by atoms with Crippen molar-refractivity contribution in [1.82, 2.24) is 25.1 Å². The van der Waals surface area contributed by atoms with Gasteiger partial charge in [0.1, 0.15) is 12.1 Å². The van der Waals surface area contributed by atoms with Gasteiger partial charge in [-0.15, -0.1) is 0 Å². The van der Waals surface area contributed by atoms with Gasteiger partial charge < -0.3 is 10.6 Å². The third-order valence-corrected chi connectivity index (χ3v) is 4.32. The van der Waals surface area contributed by atoms with E-state index >= 15 is 0 Å². The molecule has 1 aromatic carbocycles. The van der Waals surface area contributed by atoms with Gasteiger partial charge in [-0.1, -0.05) is 11.6 Å². The molecule has 2 heterocycles. The summed E-state index contributed by atoms with van der Waals surface area (Å²) in [5, 5.41) is 20.9. The largest absolute Gasteiger partial charge is 0.368 e. The van der Waals surface area contributed by atoms with Gasteiger partial charge in [0.15, 0.2) is 5.82 Å². The number of carbonyl (C=O) groups is 1. The van der Waals surface area contributed by atoms with Crippen molar-refractivity contribution in [2.45, 2.75) is 13.8 Å². The monoisotopic (exact) mass is 415 g/mol. The smallest absolute Gasteiger partial charge is 0.270 e. The van der Waals surface area contributed by atoms with Crippen LogP contribution >= 0.6 is 11.6 Å². The molecule has 150 valence electrons. The highest BCUT2D eigenvalue weighted by atomic mass is 35.5. The highest BCUT2D eigenvalue weighted by molar-refractivity contribution is 6.34. The van der Waals surface area contributed by atoms with Gasteiger partial charge in [-0.05, 0) is 26.0 Å². The molecule has 10 nitrogen and oxygen atoms in total. The number of hydrogen-bond donors (Lipinski definition) is 2. The van der Waals surface area contributed by atoms with Crippen LogP contribution in [-0.4, -0.2) is 43.7 Å². The zero-order chi connectivity index (χ0) is 21.0. The molecule has 0 radical (unpaired) electrons. The van der Waals surface area contributed by atoms with E-state index in [-0.39, 0.29) is 16.3 Å². The number of nitrogens with zero attached hydrogens (tertiary/aromatic N) is 5. The summed E-state index contributed by atoms with van der Waals surface area (Å²) in [6.07, 6.45) is 1.43. The molecule has 0 aliphatic carbocycles. The zero-order valence-corrected chi connectivity index (χ0v) is 16.5. The number of halogens is 1. The van der Waals surface area contributed by atoms with Crippen LogP contribution in [0.2, 0.25) is 5.02 Å². The standard InChI is InChI=1S/C18H18ClN7O3/c1-11-7-12(2)25(24-11)17-9-16(22-10-23-17)20-5-6-21-18(27)14-4-3-13(26(28)29)8-15(14)19/h3-4,7-10H,5-6H2,1-2H3,(H,21,27)(H,20,22,23). The first-order chi connectivity index (χ1) is 13.8. The fourth-order valence-electron chi connectivity index (χ4n) is 2.68. The van der Waals surface area contributed by atoms with Gasteiger partial charge >= 0.3 is 0 Å². The summed E-state index contributed by atoms with van der Waals surface area (Å²) in [5.74, 6) is 0.803. The molecule has 2 aromatic heterocycles. The number of aromatic nitrogens is 4. The van der Waals surface area contributed by atoms with Crippen LogP contribution in [0, 0.1) is 24.0 Å². The highest BCUT2D eigenvalue weighted by Gasteiger charge is 2.14. The molecule has 0 fully saturated rings. The minimum absolute atomic E-state index is 0.0231. The Morgan fingerprint density at radius 2 is 2.00 bits per heavy atom. The van der Waals surface area contributed by atoms with Crippen molar-refractivity contribution >= 4 is 29.0 Å². The van der Waals surface area contributed by atoms with Gasteiger partial charge in [-0.25, -0.2) is 14.6 Å². The van der Waals surface area contributed by atoms with Crippen LogP contribution in [0.5, 0.6) is 0 Å². The number of rotatable bonds is 7. The lowest BCUT2D eigenvalue weighted by molar-refractivity contribution is -0.384. The molecule has 1 amide bonds. The van der Waals surface area contributed by atoms with Crippen LogP contribution in [0.15, 0.2) is 36.7 Å². The van der Waals surface area contributed by atoms with Crippen molar-refractivity contribution in [3.63, 3.8) is 0 Å². The van der Waals surface area contributed by atoms with E-state index in [0.29, 0.717) is 24.7 Å². The molecule has 2 N–H and O–H groups in total. The molecule has 0 saturated carbocycles. The normalized spacial score (nSPS) is 10.6. The number of hydrogen-bond acceptors (Lipinski definition) is 7. The van der Waals surface area contributed by atoms with Crippen molar-refractivity contribution in [2.75, 3.05) is 18.4 Å². The number of nitro benzene ring substituents is 1. The Morgan fingerprint density at radius 3 is 2.66 bits per heavy atom. The predicted molar refractivity (Wildman–Crippen MR) is 108 cm³/mol. The van der Waals surface area contributed by atoms with E-state index in [1.165, 1.54) is 18.5 Å². The van der Waals surface area contributed by atoms with Crippen LogP contribution < -0.4 is 10.6 Å². The summed E-state index contributed by atoms with van der Waals surface area (Å²) in [6.45, 7) is 4.55. The second kappa shape index (κ2) is 8.65.